The number of nitrogens with zero attached hydrogens (tertiary/aromatic N) is 1. The van der Waals surface area contributed by atoms with Gasteiger partial charge in [0.15, 0.2) is 0 Å². The van der Waals surface area contributed by atoms with Crippen molar-refractivity contribution in [2.45, 2.75) is 64.7 Å². The maximum Gasteiger partial charge on any atom is 0.119 e. The molecule has 0 unspecified atom stereocenters. The van der Waals surface area contributed by atoms with Gasteiger partial charge in [0.05, 0.1) is 19.4 Å². The topological polar surface area (TPSA) is 21.7 Å². The van der Waals surface area contributed by atoms with E-state index in [0.717, 1.165) is 25.4 Å². The van der Waals surface area contributed by atoms with Gasteiger partial charge in [-0.25, -0.2) is 0 Å². The van der Waals surface area contributed by atoms with Gasteiger partial charge in [0.1, 0.15) is 35.5 Å². The lowest BCUT2D eigenvalue weighted by molar-refractivity contribution is 0.0847. The fourth-order valence-electron chi connectivity index (χ4n) is 6.23. The second kappa shape index (κ2) is 18.2. The molecule has 0 atom stereocenters. The van der Waals surface area contributed by atoms with Crippen LogP contribution in [0.2, 0.25) is 0 Å². The molecular formula is C41H55NO2P+. The normalized spacial score (nSPS) is 12.0. The van der Waals surface area contributed by atoms with E-state index in [9.17, 15) is 0 Å². The molecule has 0 aromatic heterocycles. The molecule has 0 bridgehead atoms. The number of benzene rings is 4. The third-order valence-corrected chi connectivity index (χ3v) is 13.6. The van der Waals surface area contributed by atoms with E-state index in [4.69, 9.17) is 9.47 Å². The lowest BCUT2D eigenvalue weighted by Crippen LogP contribution is -2.33. The zero-order chi connectivity index (χ0) is 31.8. The van der Waals surface area contributed by atoms with Crippen LogP contribution in [0.3, 0.4) is 0 Å². The highest BCUT2D eigenvalue weighted by Crippen LogP contribution is 2.55. The summed E-state index contributed by atoms with van der Waals surface area (Å²) in [6.07, 6.45) is 8.60. The van der Waals surface area contributed by atoms with Gasteiger partial charge in [0, 0.05) is 6.54 Å². The Morgan fingerprint density at radius 3 is 1.69 bits per heavy atom. The molecule has 4 aromatic rings. The molecule has 0 saturated carbocycles. The predicted molar refractivity (Wildman–Crippen MR) is 197 cm³/mol. The van der Waals surface area contributed by atoms with Crippen LogP contribution in [0.25, 0.3) is 0 Å². The first-order valence-corrected chi connectivity index (χ1v) is 19.0. The quantitative estimate of drug-likeness (QED) is 0.0726. The van der Waals surface area contributed by atoms with Gasteiger partial charge >= 0.3 is 0 Å². The van der Waals surface area contributed by atoms with Crippen molar-refractivity contribution < 1.29 is 9.47 Å². The Hall–Kier alpha value is -2.97. The minimum atomic E-state index is -1.75. The van der Waals surface area contributed by atoms with Crippen LogP contribution in [-0.2, 0) is 10.2 Å². The van der Waals surface area contributed by atoms with E-state index >= 15 is 0 Å². The molecule has 0 heterocycles. The van der Waals surface area contributed by atoms with Crippen molar-refractivity contribution in [3.8, 4) is 5.75 Å². The number of ether oxygens (including phenoxy) is 2. The Morgan fingerprint density at radius 2 is 1.16 bits per heavy atom. The van der Waals surface area contributed by atoms with E-state index in [-0.39, 0.29) is 5.41 Å². The van der Waals surface area contributed by atoms with Crippen LogP contribution in [0.1, 0.15) is 64.9 Å². The molecule has 240 valence electrons. The van der Waals surface area contributed by atoms with Crippen molar-refractivity contribution in [1.29, 1.82) is 0 Å². The van der Waals surface area contributed by atoms with E-state index in [1.165, 1.54) is 66.2 Å². The number of rotatable bonds is 20. The Labute approximate surface area is 274 Å². The zero-order valence-corrected chi connectivity index (χ0v) is 29.1. The van der Waals surface area contributed by atoms with Gasteiger partial charge in [-0.3, -0.25) is 0 Å². The van der Waals surface area contributed by atoms with Crippen LogP contribution in [0.4, 0.5) is 0 Å². The van der Waals surface area contributed by atoms with E-state index < -0.39 is 7.26 Å². The predicted octanol–water partition coefficient (Wildman–Crippen LogP) is 8.65. The number of unbranched alkanes of at least 4 members (excludes halogenated alkanes) is 3. The highest BCUT2D eigenvalue weighted by Gasteiger charge is 2.44. The van der Waals surface area contributed by atoms with Gasteiger partial charge in [0.2, 0.25) is 0 Å². The number of hydrogen-bond donors (Lipinski definition) is 0. The van der Waals surface area contributed by atoms with Gasteiger partial charge in [0.25, 0.3) is 0 Å². The highest BCUT2D eigenvalue weighted by atomic mass is 31.2. The van der Waals surface area contributed by atoms with Crippen molar-refractivity contribution in [3.63, 3.8) is 0 Å². The number of hydrogen-bond acceptors (Lipinski definition) is 3. The molecule has 45 heavy (non-hydrogen) atoms. The molecule has 0 aliphatic heterocycles. The van der Waals surface area contributed by atoms with E-state index in [0.29, 0.717) is 13.2 Å². The van der Waals surface area contributed by atoms with E-state index in [1.807, 2.05) is 0 Å². The van der Waals surface area contributed by atoms with Crippen LogP contribution < -0.4 is 20.7 Å². The number of likely N-dealkylation sites (N-methyl/N-ethyl adjacent to an activating group) is 1. The van der Waals surface area contributed by atoms with Gasteiger partial charge in [-0.05, 0) is 92.4 Å². The Balaban J connectivity index is 1.20. The Bertz CT molecular complexity index is 1250. The van der Waals surface area contributed by atoms with Crippen LogP contribution in [-0.4, -0.2) is 51.0 Å². The van der Waals surface area contributed by atoms with Crippen molar-refractivity contribution >= 4 is 23.2 Å². The molecule has 0 N–H and O–H groups in total. The molecule has 3 nitrogen and oxygen atoms in total. The average Bonchev–Trinajstić information content (AvgIpc) is 3.08. The maximum absolute atomic E-state index is 5.96. The maximum atomic E-state index is 5.96. The van der Waals surface area contributed by atoms with Crippen molar-refractivity contribution in [2.75, 3.05) is 46.1 Å². The van der Waals surface area contributed by atoms with Crippen LogP contribution in [0, 0.1) is 0 Å². The van der Waals surface area contributed by atoms with Crippen molar-refractivity contribution in [2.24, 2.45) is 0 Å². The van der Waals surface area contributed by atoms with Crippen molar-refractivity contribution in [1.82, 2.24) is 4.90 Å². The van der Waals surface area contributed by atoms with Gasteiger partial charge in [-0.15, -0.1) is 0 Å². The molecule has 0 radical (unpaired) electrons. The first-order chi connectivity index (χ1) is 22.0. The van der Waals surface area contributed by atoms with Crippen LogP contribution in [0.5, 0.6) is 5.75 Å². The molecule has 0 saturated heterocycles. The molecule has 0 fully saturated rings. The molecule has 4 rings (SSSR count). The summed E-state index contributed by atoms with van der Waals surface area (Å²) in [6, 6.07) is 42.3. The molecule has 0 aliphatic rings. The van der Waals surface area contributed by atoms with E-state index in [2.05, 4.69) is 148 Å². The Kier molecular flexibility index (Phi) is 14.1. The fraction of sp³-hybridized carbons (Fsp3) is 0.415. The summed E-state index contributed by atoms with van der Waals surface area (Å²) in [4.78, 5) is 2.40. The van der Waals surface area contributed by atoms with E-state index in [1.54, 1.807) is 0 Å². The second-order valence-electron chi connectivity index (χ2n) is 12.9. The summed E-state index contributed by atoms with van der Waals surface area (Å²) in [5.41, 5.74) is 1.59. The summed E-state index contributed by atoms with van der Waals surface area (Å²) in [5, 5.41) is 4.40. The summed E-state index contributed by atoms with van der Waals surface area (Å²) in [5.74, 6) is 0.921. The second-order valence-corrected chi connectivity index (χ2v) is 16.5. The SMILES string of the molecule is CCCCCC(C)(C)c1ccc(OCCOCCN(C)CCCC[P+](c2ccccc2)(c2ccccc2)c2ccccc2)cc1. The minimum absolute atomic E-state index is 0.208. The minimum Gasteiger partial charge on any atom is -0.491 e. The highest BCUT2D eigenvalue weighted by molar-refractivity contribution is 7.95. The first-order valence-electron chi connectivity index (χ1n) is 17.0. The standard InChI is InChI=1S/C41H55NO2P/c1-5-6-16-29-41(2,3)36-25-27-37(28-26-36)44-34-33-43-32-31-42(4)30-17-18-35-45(38-19-10-7-11-20-38,39-21-12-8-13-22-39)40-23-14-9-15-24-40/h7-15,19-28H,5-6,16-18,29-35H2,1-4H3/q+1. The molecule has 4 heteroatoms. The molecule has 0 spiro atoms. The Morgan fingerprint density at radius 1 is 0.600 bits per heavy atom. The summed E-state index contributed by atoms with van der Waals surface area (Å²) >= 11 is 0. The summed E-state index contributed by atoms with van der Waals surface area (Å²) in [7, 11) is 0.460. The third kappa shape index (κ3) is 10.3. The molecule has 0 aliphatic carbocycles. The summed E-state index contributed by atoms with van der Waals surface area (Å²) < 4.78 is 11.9. The van der Waals surface area contributed by atoms with Crippen LogP contribution in [0.15, 0.2) is 115 Å². The molecular weight excluding hydrogens is 569 g/mol. The third-order valence-electron chi connectivity index (χ3n) is 9.03. The molecule has 4 aromatic carbocycles. The average molecular weight is 625 g/mol. The first kappa shape index (κ1) is 34.9. The van der Waals surface area contributed by atoms with Gasteiger partial charge in [-0.1, -0.05) is 107 Å². The summed E-state index contributed by atoms with van der Waals surface area (Å²) in [6.45, 7) is 10.9. The van der Waals surface area contributed by atoms with Gasteiger partial charge < -0.3 is 14.4 Å². The molecule has 0 amide bonds. The zero-order valence-electron chi connectivity index (χ0n) is 28.2. The largest absolute Gasteiger partial charge is 0.491 e. The van der Waals surface area contributed by atoms with Crippen molar-refractivity contribution in [3.05, 3.63) is 121 Å². The van der Waals surface area contributed by atoms with Gasteiger partial charge in [-0.2, -0.15) is 0 Å². The monoisotopic (exact) mass is 624 g/mol. The smallest absolute Gasteiger partial charge is 0.119 e. The van der Waals surface area contributed by atoms with Crippen LogP contribution >= 0.6 is 7.26 Å². The fourth-order valence-corrected chi connectivity index (χ4v) is 10.6. The lowest BCUT2D eigenvalue weighted by atomic mass is 9.80. The lowest BCUT2D eigenvalue weighted by Gasteiger charge is -2.28.